The minimum absolute atomic E-state index is 0.684. The molecule has 8 rings (SSSR count). The van der Waals surface area contributed by atoms with Crippen molar-refractivity contribution in [3.05, 3.63) is 169 Å². The van der Waals surface area contributed by atoms with E-state index in [9.17, 15) is 13.7 Å². The summed E-state index contributed by atoms with van der Waals surface area (Å²) >= 11 is 0. The van der Waals surface area contributed by atoms with Gasteiger partial charge in [0.2, 0.25) is 0 Å². The van der Waals surface area contributed by atoms with Gasteiger partial charge in [0.05, 0.1) is 38.4 Å². The summed E-state index contributed by atoms with van der Waals surface area (Å²) in [7, 11) is 0. The number of hydrogen-bond donors (Lipinski definition) is 0. The highest BCUT2D eigenvalue weighted by Crippen LogP contribution is 2.46. The van der Waals surface area contributed by atoms with Crippen LogP contribution >= 0.6 is 0 Å². The van der Waals surface area contributed by atoms with Crippen molar-refractivity contribution in [1.82, 2.24) is 0 Å². The standard InChI is InChI=1S/C42H28/c1-3-12-29(13-4-1)31-22-24-33(25-23-31)41-37-19-9-10-20-38(37)42(36-21-11-17-32-16-7-8-18-35(32)36)40-28-34(26-27-39(40)41)30-14-5-2-6-15-30/h1-28H/i1D,2D,3D,4D,5D,6D,7D,8D,9D,10D,11D,12D,13D,14D,15D,16D,17D,18D,19D,20D,21D,22D,23D,24D,25D,26D,27D,28D. The first-order valence-corrected chi connectivity index (χ1v) is 12.2. The van der Waals surface area contributed by atoms with Gasteiger partial charge in [-0.15, -0.1) is 0 Å². The zero-order valence-corrected chi connectivity index (χ0v) is 21.0. The maximum atomic E-state index is 9.95. The van der Waals surface area contributed by atoms with Crippen LogP contribution in [0.1, 0.15) is 38.4 Å². The summed E-state index contributed by atoms with van der Waals surface area (Å²) in [5.41, 5.74) is -6.66. The molecule has 0 unspecified atom stereocenters. The first kappa shape index (κ1) is 9.02. The van der Waals surface area contributed by atoms with Gasteiger partial charge in [0.15, 0.2) is 0 Å². The summed E-state index contributed by atoms with van der Waals surface area (Å²) in [6.45, 7) is 0. The van der Waals surface area contributed by atoms with Crippen molar-refractivity contribution in [2.24, 2.45) is 0 Å². The molecule has 0 amide bonds. The average molecular weight is 561 g/mol. The van der Waals surface area contributed by atoms with Gasteiger partial charge in [-0.3, -0.25) is 0 Å². The van der Waals surface area contributed by atoms with Gasteiger partial charge in [-0.05, 0) is 82.9 Å². The first-order chi connectivity index (χ1) is 32.5. The molecule has 0 aliphatic rings. The van der Waals surface area contributed by atoms with Gasteiger partial charge >= 0.3 is 0 Å². The van der Waals surface area contributed by atoms with Crippen molar-refractivity contribution in [3.63, 3.8) is 0 Å². The van der Waals surface area contributed by atoms with Crippen molar-refractivity contribution in [3.8, 4) is 44.5 Å². The highest BCUT2D eigenvalue weighted by atomic mass is 14.2. The Kier molecular flexibility index (Phi) is 2.19. The van der Waals surface area contributed by atoms with E-state index >= 15 is 0 Å². The Morgan fingerprint density at radius 3 is 1.48 bits per heavy atom. The minimum Gasteiger partial charge on any atom is -0.0622 e. The van der Waals surface area contributed by atoms with Crippen LogP contribution in [0.2, 0.25) is 0 Å². The summed E-state index contributed by atoms with van der Waals surface area (Å²) in [5.74, 6) is 0. The van der Waals surface area contributed by atoms with Crippen LogP contribution in [0.4, 0.5) is 0 Å². The Bertz CT molecular complexity index is 3710. The quantitative estimate of drug-likeness (QED) is 0.188. The van der Waals surface area contributed by atoms with Crippen molar-refractivity contribution in [2.45, 2.75) is 0 Å². The molecule has 0 atom stereocenters. The van der Waals surface area contributed by atoms with E-state index in [0.717, 1.165) is 0 Å². The summed E-state index contributed by atoms with van der Waals surface area (Å²) in [6.07, 6.45) is 0. The molecule has 42 heavy (non-hydrogen) atoms. The molecule has 8 aromatic rings. The van der Waals surface area contributed by atoms with Crippen LogP contribution in [0.15, 0.2) is 169 Å². The third-order valence-corrected chi connectivity index (χ3v) is 6.44. The monoisotopic (exact) mass is 560 g/mol. The maximum absolute atomic E-state index is 9.95. The molecule has 0 aliphatic carbocycles. The normalized spacial score (nSPS) is 20.7. The fraction of sp³-hybridized carbons (Fsp3) is 0. The number of benzene rings is 8. The third kappa shape index (κ3) is 4.08. The highest BCUT2D eigenvalue weighted by molar-refractivity contribution is 6.24. The van der Waals surface area contributed by atoms with Crippen LogP contribution in [0.5, 0.6) is 0 Å². The van der Waals surface area contributed by atoms with E-state index < -0.39 is 246 Å². The second-order valence-electron chi connectivity index (χ2n) is 8.75. The van der Waals surface area contributed by atoms with E-state index in [1.54, 1.807) is 0 Å². The lowest BCUT2D eigenvalue weighted by molar-refractivity contribution is 1.61. The van der Waals surface area contributed by atoms with Crippen LogP contribution < -0.4 is 0 Å². The summed E-state index contributed by atoms with van der Waals surface area (Å²) < 4.78 is 249. The lowest BCUT2D eigenvalue weighted by Crippen LogP contribution is -1.92. The summed E-state index contributed by atoms with van der Waals surface area (Å²) in [4.78, 5) is 0. The van der Waals surface area contributed by atoms with E-state index in [4.69, 9.17) is 24.7 Å². The molecular formula is C42H28. The van der Waals surface area contributed by atoms with Crippen LogP contribution in [-0.2, 0) is 0 Å². The molecule has 0 spiro atoms. The molecule has 0 aromatic heterocycles. The molecule has 0 N–H and O–H groups in total. The van der Waals surface area contributed by atoms with Crippen LogP contribution in [0, 0.1) is 0 Å². The van der Waals surface area contributed by atoms with E-state index in [1.807, 2.05) is 0 Å². The van der Waals surface area contributed by atoms with Crippen LogP contribution in [0.3, 0.4) is 0 Å². The van der Waals surface area contributed by atoms with Gasteiger partial charge in [-0.2, -0.15) is 0 Å². The predicted octanol–water partition coefficient (Wildman–Crippen LogP) is 11.8. The fourth-order valence-corrected chi connectivity index (χ4v) is 4.66. The van der Waals surface area contributed by atoms with E-state index in [0.29, 0.717) is 0 Å². The topological polar surface area (TPSA) is 0 Å². The molecule has 0 saturated heterocycles. The molecule has 8 aromatic carbocycles. The molecule has 196 valence electrons. The first-order valence-electron chi connectivity index (χ1n) is 26.2. The maximum Gasteiger partial charge on any atom is 0.0636 e. The summed E-state index contributed by atoms with van der Waals surface area (Å²) in [5, 5.41) is -4.69. The number of hydrogen-bond acceptors (Lipinski definition) is 0. The van der Waals surface area contributed by atoms with Gasteiger partial charge in [-0.25, -0.2) is 0 Å². The second-order valence-corrected chi connectivity index (χ2v) is 8.75. The SMILES string of the molecule is [2H]c1c([2H])c([2H])c(-c2c([2H])c([2H])c(-c3c4c([2H])c([2H])c([2H])c([2H])c4c(-c4c([2H])c([2H])c([2H])c5c([2H])c([2H])c([2H])c([2H])c45)c4c([2H])c(-c5c([2H])c([2H])c([2H])c([2H])c5[2H])c([2H])c([2H])c34)c([2H])c2[2H])c([2H])c1[2H]. The van der Waals surface area contributed by atoms with E-state index in [1.165, 1.54) is 0 Å². The van der Waals surface area contributed by atoms with Gasteiger partial charge in [-0.1, -0.05) is 163 Å². The lowest BCUT2D eigenvalue weighted by Gasteiger charge is -2.20. The lowest BCUT2D eigenvalue weighted by atomic mass is 9.83. The van der Waals surface area contributed by atoms with Gasteiger partial charge < -0.3 is 0 Å². The van der Waals surface area contributed by atoms with Crippen molar-refractivity contribution in [1.29, 1.82) is 0 Å². The molecule has 0 aliphatic heterocycles. The Balaban J connectivity index is 1.80. The number of fused-ring (bicyclic) bond motifs is 3. The molecule has 0 heteroatoms. The highest BCUT2D eigenvalue weighted by Gasteiger charge is 2.18. The largest absolute Gasteiger partial charge is 0.0636 e. The Morgan fingerprint density at radius 2 is 0.762 bits per heavy atom. The third-order valence-electron chi connectivity index (χ3n) is 6.44. The van der Waals surface area contributed by atoms with Crippen molar-refractivity contribution in [2.75, 3.05) is 0 Å². The van der Waals surface area contributed by atoms with Crippen LogP contribution in [0.25, 0.3) is 76.8 Å². The minimum atomic E-state index is -1.12. The summed E-state index contributed by atoms with van der Waals surface area (Å²) in [6, 6.07) is -27.9. The molecule has 0 radical (unpaired) electrons. The van der Waals surface area contributed by atoms with Gasteiger partial charge in [0.25, 0.3) is 0 Å². The molecule has 0 fully saturated rings. The Labute approximate surface area is 285 Å². The molecule has 0 bridgehead atoms. The Hall–Kier alpha value is -5.46. The number of rotatable bonds is 4. The van der Waals surface area contributed by atoms with Crippen molar-refractivity contribution < 1.29 is 38.4 Å². The second kappa shape index (κ2) is 10.2. The smallest absolute Gasteiger partial charge is 0.0622 e. The van der Waals surface area contributed by atoms with E-state index in [2.05, 4.69) is 0 Å². The molecule has 0 heterocycles. The predicted molar refractivity (Wildman–Crippen MR) is 181 cm³/mol. The Morgan fingerprint density at radius 1 is 0.286 bits per heavy atom. The van der Waals surface area contributed by atoms with Gasteiger partial charge in [0.1, 0.15) is 0 Å². The zero-order valence-electron chi connectivity index (χ0n) is 49.0. The fourth-order valence-electron chi connectivity index (χ4n) is 4.66. The van der Waals surface area contributed by atoms with E-state index in [-0.39, 0.29) is 0 Å². The molecule has 0 nitrogen and oxygen atoms in total. The van der Waals surface area contributed by atoms with Gasteiger partial charge in [0, 0.05) is 0 Å². The van der Waals surface area contributed by atoms with Crippen molar-refractivity contribution >= 4 is 32.3 Å². The molecular weight excluding hydrogens is 504 g/mol. The average Bonchev–Trinajstić information content (AvgIpc) is 3.33. The zero-order chi connectivity index (χ0) is 52.2. The molecule has 0 saturated carbocycles. The van der Waals surface area contributed by atoms with Crippen LogP contribution in [-0.4, -0.2) is 0 Å².